The summed E-state index contributed by atoms with van der Waals surface area (Å²) in [6, 6.07) is -1.88. The topological polar surface area (TPSA) is 168 Å². The number of hydrogen-bond donors (Lipinski definition) is 2. The van der Waals surface area contributed by atoms with Gasteiger partial charge in [-0.3, -0.25) is 9.45 Å². The summed E-state index contributed by atoms with van der Waals surface area (Å²) in [4.78, 5) is 28.1. The van der Waals surface area contributed by atoms with E-state index >= 15 is 0 Å². The summed E-state index contributed by atoms with van der Waals surface area (Å²) in [7, 11) is -4.82. The average Bonchev–Trinajstić information content (AvgIpc) is 3.17. The van der Waals surface area contributed by atoms with E-state index in [0.717, 1.165) is 0 Å². The number of urea groups is 1. The SMILES string of the molecule is CC(C)(C)OC(=O)N(Cc1nnc([C@@H]2CC[C@@H]3CN2C(=O)N3OS(=O)(=O)O)o1)C1CNC1. The predicted octanol–water partition coefficient (Wildman–Crippen LogP) is 0.454. The fraction of sp³-hybridized carbons (Fsp3) is 0.765. The zero-order chi connectivity index (χ0) is 23.3. The molecule has 1 aromatic rings. The molecule has 178 valence electrons. The van der Waals surface area contributed by atoms with Crippen LogP contribution < -0.4 is 5.32 Å². The third-order valence-electron chi connectivity index (χ3n) is 5.40. The number of carbonyl (C=O) groups is 2. The van der Waals surface area contributed by atoms with E-state index in [4.69, 9.17) is 13.7 Å². The van der Waals surface area contributed by atoms with Crippen molar-refractivity contribution in [2.75, 3.05) is 19.6 Å². The number of amides is 3. The summed E-state index contributed by atoms with van der Waals surface area (Å²) in [6.07, 6.45) is 0.362. The van der Waals surface area contributed by atoms with Gasteiger partial charge in [0.15, 0.2) is 0 Å². The molecule has 3 aliphatic rings. The van der Waals surface area contributed by atoms with Crippen LogP contribution in [0.5, 0.6) is 0 Å². The third kappa shape index (κ3) is 4.79. The lowest BCUT2D eigenvalue weighted by molar-refractivity contribution is -0.0317. The van der Waals surface area contributed by atoms with E-state index in [1.165, 1.54) is 9.80 Å². The predicted molar refractivity (Wildman–Crippen MR) is 105 cm³/mol. The lowest BCUT2D eigenvalue weighted by atomic mass is 10.0. The molecule has 14 nitrogen and oxygen atoms in total. The van der Waals surface area contributed by atoms with Crippen molar-refractivity contribution in [3.63, 3.8) is 0 Å². The van der Waals surface area contributed by atoms with E-state index < -0.39 is 40.2 Å². The van der Waals surface area contributed by atoms with Crippen LogP contribution in [0.2, 0.25) is 0 Å². The summed E-state index contributed by atoms with van der Waals surface area (Å²) in [5.41, 5.74) is -0.655. The molecular formula is C17H26N6O8S. The second-order valence-corrected chi connectivity index (χ2v) is 9.97. The van der Waals surface area contributed by atoms with E-state index in [0.29, 0.717) is 31.0 Å². The Morgan fingerprint density at radius 1 is 1.31 bits per heavy atom. The lowest BCUT2D eigenvalue weighted by Gasteiger charge is -2.38. The van der Waals surface area contributed by atoms with Gasteiger partial charge in [0.25, 0.3) is 0 Å². The minimum Gasteiger partial charge on any atom is -0.444 e. The van der Waals surface area contributed by atoms with Gasteiger partial charge >= 0.3 is 22.5 Å². The first-order chi connectivity index (χ1) is 14.9. The van der Waals surface area contributed by atoms with Crippen LogP contribution in [-0.4, -0.2) is 87.5 Å². The van der Waals surface area contributed by atoms with Crippen molar-refractivity contribution in [1.29, 1.82) is 0 Å². The quantitative estimate of drug-likeness (QED) is 0.549. The van der Waals surface area contributed by atoms with Crippen molar-refractivity contribution in [1.82, 2.24) is 30.4 Å². The number of aromatic nitrogens is 2. The van der Waals surface area contributed by atoms with Crippen LogP contribution in [0.1, 0.15) is 51.4 Å². The molecule has 2 N–H and O–H groups in total. The molecule has 4 heterocycles. The molecule has 2 atom stereocenters. The van der Waals surface area contributed by atoms with Crippen molar-refractivity contribution < 1.29 is 36.0 Å². The van der Waals surface area contributed by atoms with Crippen LogP contribution >= 0.6 is 0 Å². The van der Waals surface area contributed by atoms with E-state index in [-0.39, 0.29) is 30.9 Å². The number of hydrogen-bond acceptors (Lipinski definition) is 10. The molecule has 0 radical (unpaired) electrons. The molecule has 15 heteroatoms. The van der Waals surface area contributed by atoms with Crippen LogP contribution in [0.15, 0.2) is 4.42 Å². The second-order valence-electron chi connectivity index (χ2n) is 8.96. The highest BCUT2D eigenvalue weighted by Crippen LogP contribution is 2.38. The van der Waals surface area contributed by atoms with Gasteiger partial charge in [0, 0.05) is 19.6 Å². The van der Waals surface area contributed by atoms with Gasteiger partial charge in [-0.15, -0.1) is 14.5 Å². The number of carbonyl (C=O) groups excluding carboxylic acids is 2. The molecule has 0 aliphatic carbocycles. The van der Waals surface area contributed by atoms with Crippen molar-refractivity contribution in [3.05, 3.63) is 11.8 Å². The minimum atomic E-state index is -4.82. The summed E-state index contributed by atoms with van der Waals surface area (Å²) in [6.45, 7) is 6.83. The number of hydroxylamine groups is 2. The third-order valence-corrected chi connectivity index (χ3v) is 5.75. The molecule has 0 saturated carbocycles. The normalized spacial score (nSPS) is 23.9. The standard InChI is InChI=1S/C17H26N6O8S/c1-17(2,3)30-16(25)21(11-6-18-7-11)9-13-19-20-14(29-13)12-5-4-10-8-22(12)15(24)23(10)31-32(26,27)28/h10-12,18H,4-9H2,1-3H3,(H,26,27,28)/t10-,12+/m1/s1. The Kier molecular flexibility index (Phi) is 5.77. The van der Waals surface area contributed by atoms with Gasteiger partial charge in [0.05, 0.1) is 12.1 Å². The Morgan fingerprint density at radius 2 is 2.03 bits per heavy atom. The highest BCUT2D eigenvalue weighted by atomic mass is 32.3. The maximum atomic E-state index is 12.6. The maximum absolute atomic E-state index is 12.6. The Hall–Kier alpha value is -2.49. The van der Waals surface area contributed by atoms with Crippen molar-refractivity contribution >= 4 is 22.5 Å². The minimum absolute atomic E-state index is 0.0511. The first kappa shape index (κ1) is 22.7. The average molecular weight is 474 g/mol. The van der Waals surface area contributed by atoms with E-state index in [9.17, 15) is 18.0 Å². The molecule has 4 rings (SSSR count). The van der Waals surface area contributed by atoms with Gasteiger partial charge in [-0.1, -0.05) is 0 Å². The molecule has 3 fully saturated rings. The van der Waals surface area contributed by atoms with Gasteiger partial charge in [-0.05, 0) is 33.6 Å². The molecule has 3 amide bonds. The maximum Gasteiger partial charge on any atom is 0.418 e. The Balaban J connectivity index is 1.46. The van der Waals surface area contributed by atoms with Crippen molar-refractivity contribution in [3.8, 4) is 0 Å². The van der Waals surface area contributed by atoms with Crippen LogP contribution in [0.4, 0.5) is 9.59 Å². The van der Waals surface area contributed by atoms with Crippen molar-refractivity contribution in [2.24, 2.45) is 0 Å². The molecule has 0 aromatic carbocycles. The Morgan fingerprint density at radius 3 is 2.62 bits per heavy atom. The van der Waals surface area contributed by atoms with Gasteiger partial charge in [0.1, 0.15) is 18.2 Å². The largest absolute Gasteiger partial charge is 0.444 e. The summed E-state index contributed by atoms with van der Waals surface area (Å²) in [5.74, 6) is 0.369. The van der Waals surface area contributed by atoms with Crippen molar-refractivity contribution in [2.45, 2.75) is 63.9 Å². The van der Waals surface area contributed by atoms with E-state index in [2.05, 4.69) is 19.8 Å². The lowest BCUT2D eigenvalue weighted by Crippen LogP contribution is -2.59. The second kappa shape index (κ2) is 8.13. The van der Waals surface area contributed by atoms with E-state index in [1.807, 2.05) is 0 Å². The highest BCUT2D eigenvalue weighted by molar-refractivity contribution is 7.80. The number of nitrogens with one attached hydrogen (secondary N) is 1. The summed E-state index contributed by atoms with van der Waals surface area (Å²) >= 11 is 0. The van der Waals surface area contributed by atoms with Gasteiger partial charge in [0.2, 0.25) is 11.8 Å². The Labute approximate surface area is 184 Å². The highest BCUT2D eigenvalue weighted by Gasteiger charge is 2.49. The first-order valence-electron chi connectivity index (χ1n) is 10.2. The van der Waals surface area contributed by atoms with E-state index in [1.54, 1.807) is 20.8 Å². The molecule has 2 bridgehead atoms. The number of fused-ring (bicyclic) bond motifs is 2. The number of ether oxygens (including phenoxy) is 1. The molecule has 3 aliphatic heterocycles. The van der Waals surface area contributed by atoms with Gasteiger partial charge in [-0.25, -0.2) is 9.59 Å². The van der Waals surface area contributed by atoms with Gasteiger partial charge in [-0.2, -0.15) is 13.5 Å². The number of piperidine rings is 1. The van der Waals surface area contributed by atoms with Crippen LogP contribution in [-0.2, 0) is 26.0 Å². The molecule has 0 spiro atoms. The van der Waals surface area contributed by atoms with Crippen LogP contribution in [0, 0.1) is 0 Å². The zero-order valence-corrected chi connectivity index (χ0v) is 18.7. The van der Waals surface area contributed by atoms with Gasteiger partial charge < -0.3 is 19.4 Å². The zero-order valence-electron chi connectivity index (χ0n) is 17.9. The molecule has 1 aromatic heterocycles. The number of nitrogens with zero attached hydrogens (tertiary/aromatic N) is 5. The first-order valence-corrected chi connectivity index (χ1v) is 11.6. The fourth-order valence-electron chi connectivity index (χ4n) is 3.86. The van der Waals surface area contributed by atoms with Crippen LogP contribution in [0.25, 0.3) is 0 Å². The number of rotatable bonds is 6. The molecule has 0 unspecified atom stereocenters. The smallest absolute Gasteiger partial charge is 0.418 e. The molecule has 32 heavy (non-hydrogen) atoms. The molecular weight excluding hydrogens is 448 g/mol. The fourth-order valence-corrected chi connectivity index (χ4v) is 4.24. The summed E-state index contributed by atoms with van der Waals surface area (Å²) in [5, 5.41) is 11.8. The monoisotopic (exact) mass is 474 g/mol. The Bertz CT molecular complexity index is 987. The van der Waals surface area contributed by atoms with Crippen LogP contribution in [0.3, 0.4) is 0 Å². The molecule has 3 saturated heterocycles. The summed E-state index contributed by atoms with van der Waals surface area (Å²) < 4.78 is 46.7.